The van der Waals surface area contributed by atoms with Crippen molar-refractivity contribution in [3.63, 3.8) is 0 Å². The summed E-state index contributed by atoms with van der Waals surface area (Å²) in [4.78, 5) is 0. The van der Waals surface area contributed by atoms with Gasteiger partial charge in [0.25, 0.3) is 0 Å². The van der Waals surface area contributed by atoms with Crippen LogP contribution in [0.15, 0.2) is 24.3 Å². The van der Waals surface area contributed by atoms with Crippen LogP contribution in [0.1, 0.15) is 0 Å². The Morgan fingerprint density at radius 1 is 1.31 bits per heavy atom. The van der Waals surface area contributed by atoms with E-state index in [1.807, 2.05) is 0 Å². The molecule has 0 fully saturated rings. The Balaban J connectivity index is 2.41. The van der Waals surface area contributed by atoms with Crippen LogP contribution in [0.5, 0.6) is 5.75 Å². The monoisotopic (exact) mass is 187 g/mol. The van der Waals surface area contributed by atoms with Gasteiger partial charge >= 0.3 is 0 Å². The standard InChI is InChI=1S/C9H11F2NO/c10-7-1-3-9(4-2-7)13-6-8(11)5-12/h1-4,8H,5-6,12H2. The summed E-state index contributed by atoms with van der Waals surface area (Å²) < 4.78 is 30.0. The van der Waals surface area contributed by atoms with Crippen LogP contribution in [0.4, 0.5) is 8.78 Å². The summed E-state index contributed by atoms with van der Waals surface area (Å²) in [6, 6.07) is 5.40. The summed E-state index contributed by atoms with van der Waals surface area (Å²) in [5.74, 6) is 0.0977. The number of hydrogen-bond donors (Lipinski definition) is 1. The second-order valence-corrected chi connectivity index (χ2v) is 2.60. The van der Waals surface area contributed by atoms with Gasteiger partial charge < -0.3 is 10.5 Å². The minimum absolute atomic E-state index is 0.0683. The van der Waals surface area contributed by atoms with E-state index < -0.39 is 6.17 Å². The van der Waals surface area contributed by atoms with Gasteiger partial charge in [0.15, 0.2) is 0 Å². The van der Waals surface area contributed by atoms with Gasteiger partial charge in [-0.3, -0.25) is 0 Å². The van der Waals surface area contributed by atoms with Gasteiger partial charge in [-0.05, 0) is 24.3 Å². The molecule has 0 aliphatic carbocycles. The highest BCUT2D eigenvalue weighted by Crippen LogP contribution is 2.11. The number of halogens is 2. The van der Waals surface area contributed by atoms with Crippen molar-refractivity contribution in [1.29, 1.82) is 0 Å². The molecule has 0 heterocycles. The van der Waals surface area contributed by atoms with Gasteiger partial charge in [0.1, 0.15) is 24.3 Å². The molecule has 0 bridgehead atoms. The molecular formula is C9H11F2NO. The Bertz CT molecular complexity index is 250. The maximum atomic E-state index is 12.6. The number of alkyl halides is 1. The molecule has 0 aromatic heterocycles. The third-order valence-electron chi connectivity index (χ3n) is 1.50. The summed E-state index contributed by atoms with van der Waals surface area (Å²) in [5, 5.41) is 0. The zero-order chi connectivity index (χ0) is 9.68. The van der Waals surface area contributed by atoms with Gasteiger partial charge in [0.05, 0.1) is 0 Å². The second kappa shape index (κ2) is 4.77. The number of hydrogen-bond acceptors (Lipinski definition) is 2. The molecule has 1 aromatic carbocycles. The van der Waals surface area contributed by atoms with E-state index in [1.165, 1.54) is 24.3 Å². The minimum Gasteiger partial charge on any atom is -0.491 e. The number of rotatable bonds is 4. The molecule has 2 N–H and O–H groups in total. The molecule has 0 spiro atoms. The Morgan fingerprint density at radius 3 is 2.46 bits per heavy atom. The molecule has 0 saturated carbocycles. The van der Waals surface area contributed by atoms with Crippen LogP contribution >= 0.6 is 0 Å². The van der Waals surface area contributed by atoms with Crippen molar-refractivity contribution < 1.29 is 13.5 Å². The fraction of sp³-hybridized carbons (Fsp3) is 0.333. The predicted octanol–water partition coefficient (Wildman–Crippen LogP) is 1.50. The van der Waals surface area contributed by atoms with Crippen molar-refractivity contribution in [3.8, 4) is 5.75 Å². The van der Waals surface area contributed by atoms with Gasteiger partial charge in [-0.2, -0.15) is 0 Å². The third-order valence-corrected chi connectivity index (χ3v) is 1.50. The average Bonchev–Trinajstić information content (AvgIpc) is 2.16. The molecule has 0 aliphatic rings. The van der Waals surface area contributed by atoms with Gasteiger partial charge in [-0.15, -0.1) is 0 Å². The molecule has 72 valence electrons. The Hall–Kier alpha value is -1.16. The van der Waals surface area contributed by atoms with Crippen LogP contribution in [0.3, 0.4) is 0 Å². The summed E-state index contributed by atoms with van der Waals surface area (Å²) in [6.07, 6.45) is -1.18. The van der Waals surface area contributed by atoms with Crippen LogP contribution in [0.2, 0.25) is 0 Å². The highest BCUT2D eigenvalue weighted by Gasteiger charge is 2.03. The molecule has 2 nitrogen and oxygen atoms in total. The average molecular weight is 187 g/mol. The molecule has 0 saturated heterocycles. The van der Waals surface area contributed by atoms with Crippen molar-refractivity contribution in [2.24, 2.45) is 5.73 Å². The van der Waals surface area contributed by atoms with Crippen LogP contribution < -0.4 is 10.5 Å². The lowest BCUT2D eigenvalue weighted by Crippen LogP contribution is -2.22. The Labute approximate surface area is 75.3 Å². The van der Waals surface area contributed by atoms with E-state index in [2.05, 4.69) is 0 Å². The predicted molar refractivity (Wildman–Crippen MR) is 45.8 cm³/mol. The van der Waals surface area contributed by atoms with Crippen LogP contribution in [-0.4, -0.2) is 19.3 Å². The first-order valence-corrected chi connectivity index (χ1v) is 3.95. The summed E-state index contributed by atoms with van der Waals surface area (Å²) in [7, 11) is 0. The van der Waals surface area contributed by atoms with E-state index in [0.717, 1.165) is 0 Å². The van der Waals surface area contributed by atoms with Crippen LogP contribution in [0.25, 0.3) is 0 Å². The zero-order valence-electron chi connectivity index (χ0n) is 7.04. The van der Waals surface area contributed by atoms with Crippen molar-refractivity contribution in [2.45, 2.75) is 6.17 Å². The molecule has 0 radical (unpaired) electrons. The molecule has 1 unspecified atom stereocenters. The second-order valence-electron chi connectivity index (χ2n) is 2.60. The molecule has 0 amide bonds. The highest BCUT2D eigenvalue weighted by molar-refractivity contribution is 5.22. The zero-order valence-corrected chi connectivity index (χ0v) is 7.04. The minimum atomic E-state index is -1.18. The normalized spacial score (nSPS) is 12.5. The first-order chi connectivity index (χ1) is 6.22. The Morgan fingerprint density at radius 2 is 1.92 bits per heavy atom. The number of benzene rings is 1. The SMILES string of the molecule is NCC(F)COc1ccc(F)cc1. The van der Waals surface area contributed by atoms with Crippen molar-refractivity contribution in [2.75, 3.05) is 13.2 Å². The molecule has 1 aromatic rings. The fourth-order valence-corrected chi connectivity index (χ4v) is 0.786. The lowest BCUT2D eigenvalue weighted by atomic mass is 10.3. The molecule has 4 heteroatoms. The first kappa shape index (κ1) is 9.92. The Kier molecular flexibility index (Phi) is 3.64. The number of ether oxygens (including phenoxy) is 1. The van der Waals surface area contributed by atoms with Gasteiger partial charge in [0.2, 0.25) is 0 Å². The first-order valence-electron chi connectivity index (χ1n) is 3.95. The van der Waals surface area contributed by atoms with Gasteiger partial charge in [-0.1, -0.05) is 0 Å². The smallest absolute Gasteiger partial charge is 0.146 e. The van der Waals surface area contributed by atoms with Gasteiger partial charge in [0, 0.05) is 6.54 Å². The summed E-state index contributed by atoms with van der Waals surface area (Å²) in [5.41, 5.74) is 5.05. The van der Waals surface area contributed by atoms with Crippen molar-refractivity contribution in [1.82, 2.24) is 0 Å². The fourth-order valence-electron chi connectivity index (χ4n) is 0.786. The molecule has 0 aliphatic heterocycles. The van der Waals surface area contributed by atoms with E-state index in [1.54, 1.807) is 0 Å². The summed E-state index contributed by atoms with van der Waals surface area (Å²) in [6.45, 7) is -0.163. The lowest BCUT2D eigenvalue weighted by Gasteiger charge is -2.07. The highest BCUT2D eigenvalue weighted by atomic mass is 19.1. The molecule has 1 rings (SSSR count). The lowest BCUT2D eigenvalue weighted by molar-refractivity contribution is 0.201. The van der Waals surface area contributed by atoms with Crippen LogP contribution in [-0.2, 0) is 0 Å². The quantitative estimate of drug-likeness (QED) is 0.775. The van der Waals surface area contributed by atoms with Crippen LogP contribution in [0, 0.1) is 5.82 Å². The van der Waals surface area contributed by atoms with E-state index in [-0.39, 0.29) is 19.0 Å². The molecule has 13 heavy (non-hydrogen) atoms. The third kappa shape index (κ3) is 3.38. The van der Waals surface area contributed by atoms with Crippen molar-refractivity contribution in [3.05, 3.63) is 30.1 Å². The topological polar surface area (TPSA) is 35.2 Å². The summed E-state index contributed by atoms with van der Waals surface area (Å²) >= 11 is 0. The number of nitrogens with two attached hydrogens (primary N) is 1. The molecule has 1 atom stereocenters. The van der Waals surface area contributed by atoms with E-state index in [0.29, 0.717) is 5.75 Å². The largest absolute Gasteiger partial charge is 0.491 e. The van der Waals surface area contributed by atoms with E-state index >= 15 is 0 Å². The van der Waals surface area contributed by atoms with E-state index in [9.17, 15) is 8.78 Å². The maximum Gasteiger partial charge on any atom is 0.146 e. The molecular weight excluding hydrogens is 176 g/mol. The van der Waals surface area contributed by atoms with Gasteiger partial charge in [-0.25, -0.2) is 8.78 Å². The maximum absolute atomic E-state index is 12.6. The van der Waals surface area contributed by atoms with E-state index in [4.69, 9.17) is 10.5 Å². The van der Waals surface area contributed by atoms with Crippen molar-refractivity contribution >= 4 is 0 Å².